The molecule has 2 aromatic rings. The minimum atomic E-state index is -0.604. The third kappa shape index (κ3) is 4.30. The van der Waals surface area contributed by atoms with Crippen molar-refractivity contribution in [2.75, 3.05) is 36.0 Å². The van der Waals surface area contributed by atoms with E-state index in [4.69, 9.17) is 0 Å². The second-order valence-corrected chi connectivity index (χ2v) is 8.12. The Kier molecular flexibility index (Phi) is 5.97. The zero-order valence-corrected chi connectivity index (χ0v) is 16.6. The van der Waals surface area contributed by atoms with Crippen LogP contribution in [-0.4, -0.2) is 32.0 Å². The van der Waals surface area contributed by atoms with E-state index < -0.39 is 23.3 Å². The summed E-state index contributed by atoms with van der Waals surface area (Å²) < 4.78 is 54.3. The normalized spacial score (nSPS) is 18.7. The van der Waals surface area contributed by atoms with E-state index in [1.54, 1.807) is 0 Å². The fraction of sp³-hybridized carbons (Fsp3) is 0.435. The zero-order chi connectivity index (χ0) is 21.3. The minimum Gasteiger partial charge on any atom is -0.369 e. The molecule has 0 unspecified atom stereocenters. The van der Waals surface area contributed by atoms with Gasteiger partial charge in [-0.05, 0) is 49.9 Å². The number of anilines is 2. The summed E-state index contributed by atoms with van der Waals surface area (Å²) in [5.41, 5.74) is 0.744. The number of benzene rings is 2. The molecule has 0 bridgehead atoms. The van der Waals surface area contributed by atoms with E-state index in [2.05, 4.69) is 0 Å². The smallest absolute Gasteiger partial charge is 0.149 e. The van der Waals surface area contributed by atoms with Crippen LogP contribution in [0, 0.1) is 35.1 Å². The van der Waals surface area contributed by atoms with Crippen molar-refractivity contribution in [3.8, 4) is 0 Å². The van der Waals surface area contributed by atoms with E-state index in [9.17, 15) is 22.4 Å². The van der Waals surface area contributed by atoms with E-state index in [0.717, 1.165) is 12.1 Å². The van der Waals surface area contributed by atoms with Crippen molar-refractivity contribution in [2.24, 2.45) is 11.8 Å². The van der Waals surface area contributed by atoms with Gasteiger partial charge in [0, 0.05) is 50.1 Å². The number of hydrogen-bond donors (Lipinski definition) is 0. The monoisotopic (exact) mass is 420 g/mol. The number of piperidine rings is 2. The van der Waals surface area contributed by atoms with Crippen molar-refractivity contribution in [1.82, 2.24) is 0 Å². The van der Waals surface area contributed by atoms with Crippen molar-refractivity contribution < 1.29 is 22.4 Å². The van der Waals surface area contributed by atoms with Crippen LogP contribution in [0.1, 0.15) is 25.7 Å². The topological polar surface area (TPSA) is 23.6 Å². The molecule has 3 nitrogen and oxygen atoms in total. The molecule has 2 saturated heterocycles. The van der Waals surface area contributed by atoms with Gasteiger partial charge in [0.1, 0.15) is 29.1 Å². The van der Waals surface area contributed by atoms with Crippen molar-refractivity contribution in [2.45, 2.75) is 25.7 Å². The fourth-order valence-electron chi connectivity index (χ4n) is 4.62. The maximum atomic E-state index is 14.0. The second kappa shape index (κ2) is 8.66. The van der Waals surface area contributed by atoms with Crippen LogP contribution in [0.3, 0.4) is 0 Å². The summed E-state index contributed by atoms with van der Waals surface area (Å²) in [6, 6.07) is 7.13. The highest BCUT2D eigenvalue weighted by Gasteiger charge is 2.33. The predicted octanol–water partition coefficient (Wildman–Crippen LogP) is 4.95. The van der Waals surface area contributed by atoms with E-state index in [1.807, 2.05) is 9.80 Å². The molecule has 0 radical (unpaired) electrons. The highest BCUT2D eigenvalue weighted by molar-refractivity contribution is 5.84. The van der Waals surface area contributed by atoms with Crippen molar-refractivity contribution in [3.05, 3.63) is 59.7 Å². The lowest BCUT2D eigenvalue weighted by molar-refractivity contribution is -0.128. The Bertz CT molecular complexity index is 846. The molecule has 2 aromatic carbocycles. The van der Waals surface area contributed by atoms with Crippen molar-refractivity contribution in [1.29, 1.82) is 0 Å². The lowest BCUT2D eigenvalue weighted by atomic mass is 9.81. The van der Waals surface area contributed by atoms with Gasteiger partial charge in [-0.15, -0.1) is 0 Å². The summed E-state index contributed by atoms with van der Waals surface area (Å²) in [5.74, 6) is -2.28. The molecule has 2 aliphatic heterocycles. The first-order valence-electron chi connectivity index (χ1n) is 10.4. The number of Topliss-reactive ketones (excluding diaryl/α,β-unsaturated/α-hetero) is 1. The highest BCUT2D eigenvalue weighted by atomic mass is 19.1. The predicted molar refractivity (Wildman–Crippen MR) is 108 cm³/mol. The Morgan fingerprint density at radius 2 is 1.03 bits per heavy atom. The molecular weight excluding hydrogens is 396 g/mol. The first kappa shape index (κ1) is 20.7. The lowest BCUT2D eigenvalue weighted by Crippen LogP contribution is -2.42. The van der Waals surface area contributed by atoms with Gasteiger partial charge >= 0.3 is 0 Å². The van der Waals surface area contributed by atoms with Crippen LogP contribution in [0.15, 0.2) is 36.4 Å². The van der Waals surface area contributed by atoms with Crippen LogP contribution < -0.4 is 9.80 Å². The Morgan fingerprint density at radius 3 is 1.37 bits per heavy atom. The van der Waals surface area contributed by atoms with E-state index in [0.29, 0.717) is 63.2 Å². The van der Waals surface area contributed by atoms with Crippen LogP contribution in [0.2, 0.25) is 0 Å². The van der Waals surface area contributed by atoms with Gasteiger partial charge < -0.3 is 9.80 Å². The molecule has 7 heteroatoms. The number of carbonyl (C=O) groups is 1. The highest BCUT2D eigenvalue weighted by Crippen LogP contribution is 2.32. The van der Waals surface area contributed by atoms with Crippen LogP contribution in [0.25, 0.3) is 0 Å². The maximum absolute atomic E-state index is 14.0. The summed E-state index contributed by atoms with van der Waals surface area (Å²) in [4.78, 5) is 16.7. The first-order chi connectivity index (χ1) is 14.4. The largest absolute Gasteiger partial charge is 0.369 e. The van der Waals surface area contributed by atoms with E-state index >= 15 is 0 Å². The van der Waals surface area contributed by atoms with Gasteiger partial charge in [-0.1, -0.05) is 0 Å². The third-order valence-corrected chi connectivity index (χ3v) is 6.30. The van der Waals surface area contributed by atoms with Crippen molar-refractivity contribution >= 4 is 17.2 Å². The molecule has 0 N–H and O–H groups in total. The van der Waals surface area contributed by atoms with Gasteiger partial charge in [0.15, 0.2) is 0 Å². The minimum absolute atomic E-state index is 0.0659. The molecule has 0 aliphatic carbocycles. The van der Waals surface area contributed by atoms with Gasteiger partial charge in [-0.25, -0.2) is 17.6 Å². The Morgan fingerprint density at radius 1 is 0.667 bits per heavy atom. The van der Waals surface area contributed by atoms with Crippen LogP contribution in [-0.2, 0) is 4.79 Å². The van der Waals surface area contributed by atoms with E-state index in [-0.39, 0.29) is 17.6 Å². The standard InChI is InChI=1S/C23H24F4N2O/c24-17-1-3-21(19(26)13-17)28-9-5-15(6-10-28)23(30)16-7-11-29(12-8-16)22-4-2-18(25)14-20(22)27/h1-4,13-16H,5-12H2. The van der Waals surface area contributed by atoms with Crippen molar-refractivity contribution in [3.63, 3.8) is 0 Å². The molecule has 0 amide bonds. The number of ketones is 1. The summed E-state index contributed by atoms with van der Waals surface area (Å²) in [6.45, 7) is 2.22. The number of carbonyl (C=O) groups excluding carboxylic acids is 1. The quantitative estimate of drug-likeness (QED) is 0.655. The summed E-state index contributed by atoms with van der Waals surface area (Å²) in [6.07, 6.45) is 2.57. The molecule has 160 valence electrons. The van der Waals surface area contributed by atoms with Gasteiger partial charge in [-0.3, -0.25) is 4.79 Å². The summed E-state index contributed by atoms with van der Waals surface area (Å²) in [5, 5.41) is 0. The van der Waals surface area contributed by atoms with Crippen LogP contribution in [0.5, 0.6) is 0 Å². The van der Waals surface area contributed by atoms with Gasteiger partial charge in [0.2, 0.25) is 0 Å². The number of halogens is 4. The lowest BCUT2D eigenvalue weighted by Gasteiger charge is -2.37. The molecule has 2 fully saturated rings. The average molecular weight is 420 g/mol. The summed E-state index contributed by atoms with van der Waals surface area (Å²) in [7, 11) is 0. The Labute approximate surface area is 173 Å². The van der Waals surface area contributed by atoms with Gasteiger partial charge in [0.25, 0.3) is 0 Å². The second-order valence-electron chi connectivity index (χ2n) is 8.12. The maximum Gasteiger partial charge on any atom is 0.149 e. The number of hydrogen-bond acceptors (Lipinski definition) is 3. The molecule has 0 saturated carbocycles. The third-order valence-electron chi connectivity index (χ3n) is 6.30. The number of rotatable bonds is 4. The first-order valence-corrected chi connectivity index (χ1v) is 10.4. The molecule has 0 atom stereocenters. The van der Waals surface area contributed by atoms with Crippen LogP contribution >= 0.6 is 0 Å². The molecule has 4 rings (SSSR count). The average Bonchev–Trinajstić information content (AvgIpc) is 2.74. The SMILES string of the molecule is O=C(C1CCN(c2ccc(F)cc2F)CC1)C1CCN(c2ccc(F)cc2F)CC1. The zero-order valence-electron chi connectivity index (χ0n) is 16.6. The molecule has 0 aromatic heterocycles. The van der Waals surface area contributed by atoms with Crippen LogP contribution in [0.4, 0.5) is 28.9 Å². The number of nitrogens with zero attached hydrogens (tertiary/aromatic N) is 2. The van der Waals surface area contributed by atoms with E-state index in [1.165, 1.54) is 24.3 Å². The molecule has 2 heterocycles. The summed E-state index contributed by atoms with van der Waals surface area (Å²) >= 11 is 0. The molecule has 2 aliphatic rings. The van der Waals surface area contributed by atoms with Gasteiger partial charge in [0.05, 0.1) is 11.4 Å². The van der Waals surface area contributed by atoms with Gasteiger partial charge in [-0.2, -0.15) is 0 Å². The molecule has 0 spiro atoms. The Balaban J connectivity index is 1.31. The fourth-order valence-corrected chi connectivity index (χ4v) is 4.62. The Hall–Kier alpha value is -2.57. The molecular formula is C23H24F4N2O. The molecule has 30 heavy (non-hydrogen) atoms.